The third kappa shape index (κ3) is 12.3. The highest BCUT2D eigenvalue weighted by molar-refractivity contribution is 5.82. The Morgan fingerprint density at radius 2 is 1.07 bits per heavy atom. The Morgan fingerprint density at radius 3 is 1.54 bits per heavy atom. The van der Waals surface area contributed by atoms with Crippen LogP contribution in [0.3, 0.4) is 0 Å². The van der Waals surface area contributed by atoms with Gasteiger partial charge in [-0.2, -0.15) is 0 Å². The van der Waals surface area contributed by atoms with E-state index in [1.807, 2.05) is 60.8 Å². The normalized spacial score (nSPS) is 10.6. The van der Waals surface area contributed by atoms with Crippen molar-refractivity contribution in [1.29, 1.82) is 0 Å². The van der Waals surface area contributed by atoms with Crippen LogP contribution in [0.5, 0.6) is 11.5 Å². The van der Waals surface area contributed by atoms with E-state index in [2.05, 4.69) is 80.9 Å². The third-order valence-electron chi connectivity index (χ3n) is 6.65. The molecule has 0 amide bonds. The first-order valence-corrected chi connectivity index (χ1v) is 14.9. The highest BCUT2D eigenvalue weighted by Gasteiger charge is 1.98. The summed E-state index contributed by atoms with van der Waals surface area (Å²) in [5.74, 6) is 1.86. The first-order chi connectivity index (χ1) is 20.1. The van der Waals surface area contributed by atoms with Gasteiger partial charge in [-0.3, -0.25) is 4.99 Å². The molecule has 0 unspecified atom stereocenters. The van der Waals surface area contributed by atoms with Crippen molar-refractivity contribution in [2.45, 2.75) is 59.3 Å². The maximum atomic E-state index is 5.69. The summed E-state index contributed by atoms with van der Waals surface area (Å²) in [6.07, 6.45) is 10.4. The summed E-state index contributed by atoms with van der Waals surface area (Å²) < 4.78 is 11.2. The summed E-state index contributed by atoms with van der Waals surface area (Å²) in [6.45, 7) is 11.7. The first kappa shape index (κ1) is 31.4. The summed E-state index contributed by atoms with van der Waals surface area (Å²) in [4.78, 5) is 4.58. The van der Waals surface area contributed by atoms with Crippen molar-refractivity contribution in [3.05, 3.63) is 131 Å². The Bertz CT molecular complexity index is 1290. The molecule has 214 valence electrons. The number of hydrogen-bond donors (Lipinski definition) is 0. The monoisotopic (exact) mass is 547 g/mol. The smallest absolute Gasteiger partial charge is 0.119 e. The summed E-state index contributed by atoms with van der Waals surface area (Å²) in [6, 6.07) is 33.4. The van der Waals surface area contributed by atoms with Crippen LogP contribution >= 0.6 is 0 Å². The van der Waals surface area contributed by atoms with Crippen LogP contribution in [0.2, 0.25) is 0 Å². The Balaban J connectivity index is 0.000000298. The van der Waals surface area contributed by atoms with E-state index in [4.69, 9.17) is 9.47 Å². The molecular formula is C38H45NO2. The SMILES string of the molecule is C=Cc1ccc(OCCCC)cc1.CCCCOc1ccc(C=Nc2ccc(CCc3ccc(C)cc3)cc2)cc1. The van der Waals surface area contributed by atoms with Crippen LogP contribution in [-0.4, -0.2) is 19.4 Å². The van der Waals surface area contributed by atoms with Crippen molar-refractivity contribution >= 4 is 18.0 Å². The van der Waals surface area contributed by atoms with E-state index >= 15 is 0 Å². The summed E-state index contributed by atoms with van der Waals surface area (Å²) >= 11 is 0. The lowest BCUT2D eigenvalue weighted by Gasteiger charge is -2.05. The summed E-state index contributed by atoms with van der Waals surface area (Å²) in [7, 11) is 0. The van der Waals surface area contributed by atoms with Crippen molar-refractivity contribution in [3.8, 4) is 11.5 Å². The molecule has 3 heteroatoms. The van der Waals surface area contributed by atoms with Gasteiger partial charge in [-0.1, -0.05) is 93.4 Å². The average Bonchev–Trinajstić information content (AvgIpc) is 3.02. The molecule has 0 aliphatic rings. The minimum absolute atomic E-state index is 0.778. The van der Waals surface area contributed by atoms with Gasteiger partial charge in [0, 0.05) is 6.21 Å². The summed E-state index contributed by atoms with van der Waals surface area (Å²) in [5.41, 5.74) is 7.21. The number of nitrogens with zero attached hydrogens (tertiary/aromatic N) is 1. The Kier molecular flexibility index (Phi) is 14.0. The van der Waals surface area contributed by atoms with Crippen molar-refractivity contribution in [2.24, 2.45) is 4.99 Å². The molecule has 0 spiro atoms. The molecule has 4 rings (SSSR count). The number of rotatable bonds is 14. The summed E-state index contributed by atoms with van der Waals surface area (Å²) in [5, 5.41) is 0. The molecule has 0 saturated heterocycles. The number of aliphatic imine (C=N–C) groups is 1. The number of benzene rings is 4. The lowest BCUT2D eigenvalue weighted by molar-refractivity contribution is 0.309. The number of unbranched alkanes of at least 4 members (excludes halogenated alkanes) is 2. The zero-order valence-corrected chi connectivity index (χ0v) is 25.0. The van der Waals surface area contributed by atoms with Gasteiger partial charge < -0.3 is 9.47 Å². The van der Waals surface area contributed by atoms with E-state index in [-0.39, 0.29) is 0 Å². The number of aryl methyl sites for hydroxylation is 3. The predicted molar refractivity (Wildman–Crippen MR) is 176 cm³/mol. The molecule has 0 aliphatic carbocycles. The minimum atomic E-state index is 0.778. The predicted octanol–water partition coefficient (Wildman–Crippen LogP) is 10.2. The molecule has 4 aromatic carbocycles. The second-order valence-corrected chi connectivity index (χ2v) is 10.2. The molecule has 0 radical (unpaired) electrons. The van der Waals surface area contributed by atoms with Gasteiger partial charge in [0.05, 0.1) is 18.9 Å². The highest BCUT2D eigenvalue weighted by atomic mass is 16.5. The fourth-order valence-corrected chi connectivity index (χ4v) is 3.96. The maximum absolute atomic E-state index is 5.69. The molecule has 0 fully saturated rings. The second kappa shape index (κ2) is 18.3. The van der Waals surface area contributed by atoms with E-state index in [0.29, 0.717) is 0 Å². The van der Waals surface area contributed by atoms with Crippen LogP contribution < -0.4 is 9.47 Å². The van der Waals surface area contributed by atoms with Crippen molar-refractivity contribution in [1.82, 2.24) is 0 Å². The minimum Gasteiger partial charge on any atom is -0.494 e. The van der Waals surface area contributed by atoms with E-state index in [1.54, 1.807) is 0 Å². The van der Waals surface area contributed by atoms with Gasteiger partial charge in [-0.15, -0.1) is 0 Å². The van der Waals surface area contributed by atoms with Crippen LogP contribution in [0, 0.1) is 6.92 Å². The Morgan fingerprint density at radius 1 is 0.610 bits per heavy atom. The lowest BCUT2D eigenvalue weighted by Crippen LogP contribution is -1.96. The molecule has 0 aromatic heterocycles. The van der Waals surface area contributed by atoms with Gasteiger partial charge in [-0.05, 0) is 103 Å². The molecule has 0 atom stereocenters. The van der Waals surface area contributed by atoms with E-state index in [1.165, 1.54) is 23.1 Å². The van der Waals surface area contributed by atoms with Crippen LogP contribution in [0.1, 0.15) is 67.3 Å². The largest absolute Gasteiger partial charge is 0.494 e. The van der Waals surface area contributed by atoms with Crippen LogP contribution in [0.15, 0.2) is 109 Å². The van der Waals surface area contributed by atoms with Crippen LogP contribution in [0.25, 0.3) is 6.08 Å². The van der Waals surface area contributed by atoms with E-state index in [0.717, 1.165) is 73.6 Å². The molecular weight excluding hydrogens is 502 g/mol. The quantitative estimate of drug-likeness (QED) is 0.116. The third-order valence-corrected chi connectivity index (χ3v) is 6.65. The van der Waals surface area contributed by atoms with E-state index < -0.39 is 0 Å². The average molecular weight is 548 g/mol. The van der Waals surface area contributed by atoms with Gasteiger partial charge in [0.2, 0.25) is 0 Å². The van der Waals surface area contributed by atoms with Crippen LogP contribution in [0.4, 0.5) is 5.69 Å². The highest BCUT2D eigenvalue weighted by Crippen LogP contribution is 2.17. The zero-order chi connectivity index (χ0) is 29.1. The van der Waals surface area contributed by atoms with Crippen molar-refractivity contribution in [3.63, 3.8) is 0 Å². The molecule has 41 heavy (non-hydrogen) atoms. The fraction of sp³-hybridized carbons (Fsp3) is 0.289. The lowest BCUT2D eigenvalue weighted by atomic mass is 10.0. The van der Waals surface area contributed by atoms with E-state index in [9.17, 15) is 0 Å². The topological polar surface area (TPSA) is 30.8 Å². The molecule has 0 N–H and O–H groups in total. The maximum Gasteiger partial charge on any atom is 0.119 e. The first-order valence-electron chi connectivity index (χ1n) is 14.9. The molecule has 0 heterocycles. The van der Waals surface area contributed by atoms with Gasteiger partial charge in [0.1, 0.15) is 11.5 Å². The van der Waals surface area contributed by atoms with Gasteiger partial charge in [0.15, 0.2) is 0 Å². The van der Waals surface area contributed by atoms with Crippen molar-refractivity contribution < 1.29 is 9.47 Å². The molecule has 0 bridgehead atoms. The molecule has 0 aliphatic heterocycles. The van der Waals surface area contributed by atoms with Gasteiger partial charge in [0.25, 0.3) is 0 Å². The van der Waals surface area contributed by atoms with Gasteiger partial charge >= 0.3 is 0 Å². The van der Waals surface area contributed by atoms with Gasteiger partial charge in [-0.25, -0.2) is 0 Å². The number of ether oxygens (including phenoxy) is 2. The fourth-order valence-electron chi connectivity index (χ4n) is 3.96. The van der Waals surface area contributed by atoms with Crippen LogP contribution in [-0.2, 0) is 12.8 Å². The number of hydrogen-bond acceptors (Lipinski definition) is 3. The molecule has 3 nitrogen and oxygen atoms in total. The molecule has 0 saturated carbocycles. The molecule has 4 aromatic rings. The zero-order valence-electron chi connectivity index (χ0n) is 25.0. The van der Waals surface area contributed by atoms with Crippen molar-refractivity contribution in [2.75, 3.05) is 13.2 Å². The second-order valence-electron chi connectivity index (χ2n) is 10.2. The Hall–Kier alpha value is -4.11. The Labute approximate surface area is 247 Å². The standard InChI is InChI=1S/C26H29NO.C12H16O/c1-3-4-19-28-26-17-13-24(14-18-26)20-27-25-15-11-23(12-16-25)10-9-22-7-5-21(2)6-8-22;1-3-5-10-13-12-8-6-11(4-2)7-9-12/h5-8,11-18,20H,3-4,9-10,19H2,1-2H3;4,6-9H,2-3,5,10H2,1H3.